The molecule has 0 saturated carbocycles. The first kappa shape index (κ1) is 11.6. The number of ether oxygens (including phenoxy) is 1. The normalized spacial score (nSPS) is 17.2. The maximum atomic E-state index is 11.9. The molecule has 4 nitrogen and oxygen atoms in total. The van der Waals surface area contributed by atoms with Gasteiger partial charge >= 0.3 is 0 Å². The van der Waals surface area contributed by atoms with Crippen molar-refractivity contribution in [2.75, 3.05) is 0 Å². The first-order valence-corrected chi connectivity index (χ1v) is 5.40. The fraction of sp³-hybridized carbons (Fsp3) is 0.385. The smallest absolute Gasteiger partial charge is 0.170 e. The minimum atomic E-state index is -0.575. The Bertz CT molecular complexity index is 514. The average molecular weight is 234 g/mol. The minimum absolute atomic E-state index is 0.0706. The first-order valence-electron chi connectivity index (χ1n) is 5.40. The van der Waals surface area contributed by atoms with Gasteiger partial charge in [0.05, 0.1) is 17.5 Å². The lowest BCUT2D eigenvalue weighted by molar-refractivity contribution is 0.0619. The highest BCUT2D eigenvalue weighted by molar-refractivity contribution is 6.05. The van der Waals surface area contributed by atoms with Crippen LogP contribution in [0.3, 0.4) is 0 Å². The Kier molecular flexibility index (Phi) is 2.45. The Balaban J connectivity index is 2.58. The molecule has 1 aliphatic heterocycles. The van der Waals surface area contributed by atoms with Crippen LogP contribution in [0.2, 0.25) is 0 Å². The quantitative estimate of drug-likeness (QED) is 0.757. The van der Waals surface area contributed by atoms with E-state index < -0.39 is 5.60 Å². The number of hydrogen-bond donors (Lipinski definition) is 1. The van der Waals surface area contributed by atoms with Gasteiger partial charge in [0.25, 0.3) is 0 Å². The Hall–Kier alpha value is -1.84. The molecule has 0 bridgehead atoms. The SMILES string of the molecule is CC(=O)c1cc2c(cc1O)OC(C)(C)CC2=O. The minimum Gasteiger partial charge on any atom is -0.507 e. The molecule has 0 radical (unpaired) electrons. The molecule has 0 aliphatic carbocycles. The van der Waals surface area contributed by atoms with E-state index in [1.807, 2.05) is 13.8 Å². The lowest BCUT2D eigenvalue weighted by Crippen LogP contribution is -2.35. The molecule has 1 N–H and O–H groups in total. The van der Waals surface area contributed by atoms with Crippen LogP contribution in [0.5, 0.6) is 11.5 Å². The fourth-order valence-electron chi connectivity index (χ4n) is 1.97. The third-order valence-electron chi connectivity index (χ3n) is 2.75. The molecule has 1 aromatic carbocycles. The second kappa shape index (κ2) is 3.58. The van der Waals surface area contributed by atoms with Crippen LogP contribution in [0.25, 0.3) is 0 Å². The molecule has 90 valence electrons. The van der Waals surface area contributed by atoms with Crippen molar-refractivity contribution >= 4 is 11.6 Å². The highest BCUT2D eigenvalue weighted by Gasteiger charge is 2.33. The molecule has 0 atom stereocenters. The summed E-state index contributed by atoms with van der Waals surface area (Å²) in [4.78, 5) is 23.2. The van der Waals surface area contributed by atoms with Gasteiger partial charge in [-0.25, -0.2) is 0 Å². The van der Waals surface area contributed by atoms with Crippen molar-refractivity contribution in [1.29, 1.82) is 0 Å². The van der Waals surface area contributed by atoms with Crippen molar-refractivity contribution in [3.05, 3.63) is 23.3 Å². The standard InChI is InChI=1S/C13H14O4/c1-7(14)8-4-9-11(16)6-13(2,3)17-12(9)5-10(8)15/h4-5,15H,6H2,1-3H3. The summed E-state index contributed by atoms with van der Waals surface area (Å²) in [5.74, 6) is -0.155. The predicted octanol–water partition coefficient (Wildman–Crippen LogP) is 2.34. The molecular weight excluding hydrogens is 220 g/mol. The summed E-state index contributed by atoms with van der Waals surface area (Å²) in [5, 5.41) is 9.68. The third kappa shape index (κ3) is 2.02. The van der Waals surface area contributed by atoms with Crippen LogP contribution in [0.15, 0.2) is 12.1 Å². The van der Waals surface area contributed by atoms with Gasteiger partial charge in [-0.15, -0.1) is 0 Å². The number of fused-ring (bicyclic) bond motifs is 1. The summed E-state index contributed by atoms with van der Waals surface area (Å²) in [7, 11) is 0. The monoisotopic (exact) mass is 234 g/mol. The van der Waals surface area contributed by atoms with Gasteiger partial charge in [0.1, 0.15) is 17.1 Å². The van der Waals surface area contributed by atoms with Crippen LogP contribution in [-0.2, 0) is 0 Å². The van der Waals surface area contributed by atoms with Gasteiger partial charge < -0.3 is 9.84 Å². The number of aromatic hydroxyl groups is 1. The van der Waals surface area contributed by atoms with Crippen LogP contribution in [0, 0.1) is 0 Å². The summed E-state index contributed by atoms with van der Waals surface area (Å²) in [6.07, 6.45) is 0.266. The number of phenolic OH excluding ortho intramolecular Hbond substituents is 1. The molecule has 0 aromatic heterocycles. The third-order valence-corrected chi connectivity index (χ3v) is 2.75. The van der Waals surface area contributed by atoms with Gasteiger partial charge in [-0.05, 0) is 26.8 Å². The molecule has 4 heteroatoms. The number of phenols is 1. The summed E-state index contributed by atoms with van der Waals surface area (Å²) in [5.41, 5.74) is -0.0541. The van der Waals surface area contributed by atoms with Crippen LogP contribution >= 0.6 is 0 Å². The molecule has 17 heavy (non-hydrogen) atoms. The number of hydrogen-bond acceptors (Lipinski definition) is 4. The summed E-state index contributed by atoms with van der Waals surface area (Å²) < 4.78 is 5.61. The molecule has 2 rings (SSSR count). The van der Waals surface area contributed by atoms with Gasteiger partial charge in [0.2, 0.25) is 0 Å². The van der Waals surface area contributed by atoms with Crippen molar-refractivity contribution in [2.24, 2.45) is 0 Å². The van der Waals surface area contributed by atoms with E-state index in [0.717, 1.165) is 0 Å². The second-order valence-corrected chi connectivity index (χ2v) is 4.88. The van der Waals surface area contributed by atoms with Crippen molar-refractivity contribution in [1.82, 2.24) is 0 Å². The summed E-state index contributed by atoms with van der Waals surface area (Å²) >= 11 is 0. The molecular formula is C13H14O4. The molecule has 1 heterocycles. The van der Waals surface area contributed by atoms with Crippen LogP contribution < -0.4 is 4.74 Å². The van der Waals surface area contributed by atoms with Crippen LogP contribution in [-0.4, -0.2) is 22.3 Å². The molecule has 0 spiro atoms. The van der Waals surface area contributed by atoms with Crippen molar-refractivity contribution < 1.29 is 19.4 Å². The van der Waals surface area contributed by atoms with Crippen molar-refractivity contribution in [3.8, 4) is 11.5 Å². The van der Waals surface area contributed by atoms with Crippen LogP contribution in [0.1, 0.15) is 47.9 Å². The van der Waals surface area contributed by atoms with E-state index in [9.17, 15) is 14.7 Å². The van der Waals surface area contributed by atoms with E-state index in [1.165, 1.54) is 19.1 Å². The topological polar surface area (TPSA) is 63.6 Å². The van der Waals surface area contributed by atoms with Crippen molar-refractivity contribution in [2.45, 2.75) is 32.8 Å². The van der Waals surface area contributed by atoms with Gasteiger partial charge in [-0.1, -0.05) is 0 Å². The van der Waals surface area contributed by atoms with Crippen LogP contribution in [0.4, 0.5) is 0 Å². The number of carbonyl (C=O) groups is 2. The number of benzene rings is 1. The number of rotatable bonds is 1. The van der Waals surface area contributed by atoms with E-state index in [-0.39, 0.29) is 29.3 Å². The van der Waals surface area contributed by atoms with E-state index >= 15 is 0 Å². The van der Waals surface area contributed by atoms with Gasteiger partial charge in [0, 0.05) is 6.07 Å². The highest BCUT2D eigenvalue weighted by atomic mass is 16.5. The zero-order valence-electron chi connectivity index (χ0n) is 10.0. The van der Waals surface area contributed by atoms with Gasteiger partial charge in [-0.3, -0.25) is 9.59 Å². The van der Waals surface area contributed by atoms with Gasteiger partial charge in [-0.2, -0.15) is 0 Å². The Labute approximate surface area is 99.2 Å². The van der Waals surface area contributed by atoms with E-state index in [0.29, 0.717) is 11.3 Å². The molecule has 1 aromatic rings. The highest BCUT2D eigenvalue weighted by Crippen LogP contribution is 2.37. The Morgan fingerprint density at radius 3 is 2.65 bits per heavy atom. The molecule has 0 amide bonds. The second-order valence-electron chi connectivity index (χ2n) is 4.88. The van der Waals surface area contributed by atoms with E-state index in [1.54, 1.807) is 0 Å². The molecule has 0 unspecified atom stereocenters. The average Bonchev–Trinajstić information content (AvgIpc) is 2.13. The number of ketones is 2. The lowest BCUT2D eigenvalue weighted by Gasteiger charge is -2.31. The maximum absolute atomic E-state index is 11.9. The fourth-order valence-corrected chi connectivity index (χ4v) is 1.97. The molecule has 0 fully saturated rings. The maximum Gasteiger partial charge on any atom is 0.170 e. The molecule has 1 aliphatic rings. The molecule has 0 saturated heterocycles. The zero-order valence-corrected chi connectivity index (χ0v) is 10.0. The Morgan fingerprint density at radius 1 is 1.41 bits per heavy atom. The summed E-state index contributed by atoms with van der Waals surface area (Å²) in [6, 6.07) is 2.75. The number of Topliss-reactive ketones (excluding diaryl/α,β-unsaturated/α-hetero) is 2. The van der Waals surface area contributed by atoms with Gasteiger partial charge in [0.15, 0.2) is 11.6 Å². The Morgan fingerprint density at radius 2 is 2.06 bits per heavy atom. The predicted molar refractivity (Wildman–Crippen MR) is 61.8 cm³/mol. The van der Waals surface area contributed by atoms with E-state index in [4.69, 9.17) is 4.74 Å². The summed E-state index contributed by atoms with van der Waals surface area (Å²) in [6.45, 7) is 4.97. The zero-order chi connectivity index (χ0) is 12.8. The largest absolute Gasteiger partial charge is 0.507 e. The van der Waals surface area contributed by atoms with E-state index in [2.05, 4.69) is 0 Å². The number of carbonyl (C=O) groups excluding carboxylic acids is 2. The lowest BCUT2D eigenvalue weighted by atomic mass is 9.91. The first-order chi connectivity index (χ1) is 7.80. The van der Waals surface area contributed by atoms with Crippen molar-refractivity contribution in [3.63, 3.8) is 0 Å².